The van der Waals surface area contributed by atoms with Crippen LogP contribution in [-0.4, -0.2) is 31.6 Å². The first-order chi connectivity index (χ1) is 12.4. The fourth-order valence-corrected chi connectivity index (χ4v) is 4.30. The summed E-state index contributed by atoms with van der Waals surface area (Å²) in [4.78, 5) is 4.43. The fraction of sp³-hybridized carbons (Fsp3) is 0.211. The van der Waals surface area contributed by atoms with Gasteiger partial charge in [0.05, 0.1) is 19.9 Å². The van der Waals surface area contributed by atoms with Gasteiger partial charge in [0.2, 0.25) is 0 Å². The van der Waals surface area contributed by atoms with E-state index in [0.29, 0.717) is 22.8 Å². The highest BCUT2D eigenvalue weighted by atomic mass is 32.2. The van der Waals surface area contributed by atoms with E-state index in [1.807, 2.05) is 37.3 Å². The molecule has 136 valence electrons. The molecule has 6 nitrogen and oxygen atoms in total. The first-order valence-corrected chi connectivity index (χ1v) is 9.42. The zero-order valence-corrected chi connectivity index (χ0v) is 15.9. The Morgan fingerprint density at radius 1 is 0.962 bits per heavy atom. The molecule has 0 aliphatic carbocycles. The van der Waals surface area contributed by atoms with Crippen LogP contribution < -0.4 is 9.47 Å². The Bertz CT molecular complexity index is 1040. The van der Waals surface area contributed by atoms with E-state index in [2.05, 4.69) is 4.98 Å². The highest BCUT2D eigenvalue weighted by Crippen LogP contribution is 2.34. The minimum atomic E-state index is -3.94. The van der Waals surface area contributed by atoms with Gasteiger partial charge in [0.15, 0.2) is 5.82 Å². The van der Waals surface area contributed by atoms with Gasteiger partial charge in [-0.3, -0.25) is 0 Å². The summed E-state index contributed by atoms with van der Waals surface area (Å²) in [6.07, 6.45) is 1.50. The Labute approximate surface area is 153 Å². The summed E-state index contributed by atoms with van der Waals surface area (Å²) in [5, 5.41) is 0. The van der Waals surface area contributed by atoms with Gasteiger partial charge in [0, 0.05) is 17.8 Å². The molecule has 0 radical (unpaired) electrons. The lowest BCUT2D eigenvalue weighted by molar-refractivity contribution is 0.390. The third kappa shape index (κ3) is 3.06. The first kappa shape index (κ1) is 18.0. The zero-order valence-electron chi connectivity index (χ0n) is 15.1. The number of ether oxygens (including phenoxy) is 2. The second kappa shape index (κ2) is 6.84. The molecule has 0 unspecified atom stereocenters. The molecule has 0 bridgehead atoms. The van der Waals surface area contributed by atoms with E-state index in [1.165, 1.54) is 30.5 Å². The number of rotatable bonds is 5. The SMILES string of the molecule is COc1cc(S(=O)(=O)n2cc(C)nc2-c2ccccc2)c(OC)cc1C. The maximum atomic E-state index is 13.4. The van der Waals surface area contributed by atoms with Gasteiger partial charge in [0.25, 0.3) is 10.0 Å². The van der Waals surface area contributed by atoms with E-state index < -0.39 is 10.0 Å². The van der Waals surface area contributed by atoms with Gasteiger partial charge in [-0.05, 0) is 25.5 Å². The molecule has 0 spiro atoms. The van der Waals surface area contributed by atoms with Crippen molar-refractivity contribution in [1.82, 2.24) is 8.96 Å². The standard InChI is InChI=1S/C19H20N2O4S/c1-13-10-17(25-4)18(11-16(13)24-3)26(22,23)21-12-14(2)20-19(21)15-8-6-5-7-9-15/h5-12H,1-4H3. The molecule has 3 rings (SSSR count). The molecule has 7 heteroatoms. The summed E-state index contributed by atoms with van der Waals surface area (Å²) in [6.45, 7) is 3.58. The Hall–Kier alpha value is -2.80. The Balaban J connectivity index is 2.25. The Kier molecular flexibility index (Phi) is 4.73. The summed E-state index contributed by atoms with van der Waals surface area (Å²) in [6, 6.07) is 12.3. The topological polar surface area (TPSA) is 70.4 Å². The van der Waals surface area contributed by atoms with E-state index in [1.54, 1.807) is 13.0 Å². The highest BCUT2D eigenvalue weighted by molar-refractivity contribution is 7.90. The molecule has 26 heavy (non-hydrogen) atoms. The van der Waals surface area contributed by atoms with Crippen molar-refractivity contribution < 1.29 is 17.9 Å². The molecule has 3 aromatic rings. The molecule has 0 atom stereocenters. The molecule has 1 heterocycles. The van der Waals surface area contributed by atoms with Crippen LogP contribution in [0.5, 0.6) is 11.5 Å². The van der Waals surface area contributed by atoms with Gasteiger partial charge in [-0.25, -0.2) is 17.4 Å². The number of nitrogens with zero attached hydrogens (tertiary/aromatic N) is 2. The molecular weight excluding hydrogens is 352 g/mol. The maximum Gasteiger partial charge on any atom is 0.273 e. The predicted molar refractivity (Wildman–Crippen MR) is 99.3 cm³/mol. The Morgan fingerprint density at radius 3 is 2.23 bits per heavy atom. The molecule has 2 aromatic carbocycles. The number of methoxy groups -OCH3 is 2. The van der Waals surface area contributed by atoms with Crippen LogP contribution in [-0.2, 0) is 10.0 Å². The lowest BCUT2D eigenvalue weighted by Crippen LogP contribution is -2.15. The van der Waals surface area contributed by atoms with E-state index in [0.717, 1.165) is 5.56 Å². The van der Waals surface area contributed by atoms with Gasteiger partial charge in [0.1, 0.15) is 16.4 Å². The lowest BCUT2D eigenvalue weighted by Gasteiger charge is -2.15. The molecule has 0 aliphatic heterocycles. The highest BCUT2D eigenvalue weighted by Gasteiger charge is 2.27. The largest absolute Gasteiger partial charge is 0.496 e. The third-order valence-corrected chi connectivity index (χ3v) is 5.72. The van der Waals surface area contributed by atoms with Crippen molar-refractivity contribution in [3.63, 3.8) is 0 Å². The number of imidazole rings is 1. The summed E-state index contributed by atoms with van der Waals surface area (Å²) in [5.74, 6) is 1.08. The van der Waals surface area contributed by atoms with Crippen LogP contribution in [0.1, 0.15) is 11.3 Å². The van der Waals surface area contributed by atoms with E-state index in [9.17, 15) is 8.42 Å². The van der Waals surface area contributed by atoms with Crippen LogP contribution >= 0.6 is 0 Å². The molecular formula is C19H20N2O4S. The van der Waals surface area contributed by atoms with Gasteiger partial charge in [-0.2, -0.15) is 0 Å². The van der Waals surface area contributed by atoms with Crippen molar-refractivity contribution in [2.75, 3.05) is 14.2 Å². The number of aryl methyl sites for hydroxylation is 2. The monoisotopic (exact) mass is 372 g/mol. The summed E-state index contributed by atoms with van der Waals surface area (Å²) >= 11 is 0. The summed E-state index contributed by atoms with van der Waals surface area (Å²) < 4.78 is 38.6. The lowest BCUT2D eigenvalue weighted by atomic mass is 10.2. The minimum Gasteiger partial charge on any atom is -0.496 e. The van der Waals surface area contributed by atoms with Crippen molar-refractivity contribution in [3.8, 4) is 22.9 Å². The summed E-state index contributed by atoms with van der Waals surface area (Å²) in [7, 11) is -0.996. The van der Waals surface area contributed by atoms with Crippen LogP contribution in [0, 0.1) is 13.8 Å². The molecule has 0 aliphatic rings. The van der Waals surface area contributed by atoms with Gasteiger partial charge in [-0.1, -0.05) is 30.3 Å². The smallest absolute Gasteiger partial charge is 0.273 e. The van der Waals surface area contributed by atoms with Gasteiger partial charge in [-0.15, -0.1) is 0 Å². The zero-order chi connectivity index (χ0) is 18.9. The van der Waals surface area contributed by atoms with Gasteiger partial charge >= 0.3 is 0 Å². The second-order valence-electron chi connectivity index (χ2n) is 5.85. The molecule has 0 fully saturated rings. The average Bonchev–Trinajstić information content (AvgIpc) is 3.04. The van der Waals surface area contributed by atoms with Crippen molar-refractivity contribution >= 4 is 10.0 Å². The van der Waals surface area contributed by atoms with Crippen LogP contribution in [0.25, 0.3) is 11.4 Å². The quantitative estimate of drug-likeness (QED) is 0.686. The van der Waals surface area contributed by atoms with Crippen molar-refractivity contribution in [3.05, 3.63) is 59.9 Å². The molecule has 1 aromatic heterocycles. The van der Waals surface area contributed by atoms with Crippen LogP contribution in [0.15, 0.2) is 53.6 Å². The second-order valence-corrected chi connectivity index (χ2v) is 7.63. The first-order valence-electron chi connectivity index (χ1n) is 7.98. The molecule has 0 amide bonds. The third-order valence-electron chi connectivity index (χ3n) is 4.05. The normalized spacial score (nSPS) is 11.4. The summed E-state index contributed by atoms with van der Waals surface area (Å²) in [5.41, 5.74) is 2.10. The van der Waals surface area contributed by atoms with Crippen molar-refractivity contribution in [2.45, 2.75) is 18.7 Å². The maximum absolute atomic E-state index is 13.4. The minimum absolute atomic E-state index is 0.0250. The van der Waals surface area contributed by atoms with Gasteiger partial charge < -0.3 is 9.47 Å². The van der Waals surface area contributed by atoms with Crippen molar-refractivity contribution in [1.29, 1.82) is 0 Å². The molecule has 0 saturated carbocycles. The number of hydrogen-bond donors (Lipinski definition) is 0. The fourth-order valence-electron chi connectivity index (χ4n) is 2.77. The van der Waals surface area contributed by atoms with Crippen molar-refractivity contribution in [2.24, 2.45) is 0 Å². The molecule has 0 N–H and O–H groups in total. The van der Waals surface area contributed by atoms with Crippen LogP contribution in [0.3, 0.4) is 0 Å². The predicted octanol–water partition coefficient (Wildman–Crippen LogP) is 3.42. The molecule has 0 saturated heterocycles. The van der Waals surface area contributed by atoms with Crippen LogP contribution in [0.2, 0.25) is 0 Å². The number of hydrogen-bond acceptors (Lipinski definition) is 5. The van der Waals surface area contributed by atoms with Crippen LogP contribution in [0.4, 0.5) is 0 Å². The van der Waals surface area contributed by atoms with E-state index in [4.69, 9.17) is 9.47 Å². The number of benzene rings is 2. The number of aromatic nitrogens is 2. The van der Waals surface area contributed by atoms with E-state index in [-0.39, 0.29) is 10.6 Å². The van der Waals surface area contributed by atoms with E-state index >= 15 is 0 Å². The average molecular weight is 372 g/mol. The Morgan fingerprint density at radius 2 is 1.62 bits per heavy atom.